The van der Waals surface area contributed by atoms with E-state index >= 15 is 0 Å². The van der Waals surface area contributed by atoms with E-state index < -0.39 is 16.5 Å². The van der Waals surface area contributed by atoms with Crippen molar-refractivity contribution in [2.45, 2.75) is 32.4 Å². The number of methoxy groups -OCH3 is 1. The number of hydrogen-bond donors (Lipinski definition) is 1. The summed E-state index contributed by atoms with van der Waals surface area (Å²) in [5.74, 6) is -0.470. The second-order valence-corrected chi connectivity index (χ2v) is 7.21. The molecule has 0 amide bonds. The lowest BCUT2D eigenvalue weighted by molar-refractivity contribution is -0.384. The molecule has 0 aliphatic carbocycles. The number of hydrogen-bond acceptors (Lipinski definition) is 6. The van der Waals surface area contributed by atoms with Crippen molar-refractivity contribution in [2.75, 3.05) is 7.11 Å². The highest BCUT2D eigenvalue weighted by Crippen LogP contribution is 2.34. The molecule has 0 aliphatic heterocycles. The molecule has 28 heavy (non-hydrogen) atoms. The fraction of sp³-hybridized carbons (Fsp3) is 0.300. The average Bonchev–Trinajstić information content (AvgIpc) is 3.06. The summed E-state index contributed by atoms with van der Waals surface area (Å²) in [6, 6.07) is 9.58. The highest BCUT2D eigenvalue weighted by atomic mass is 16.6. The Hall–Kier alpha value is -3.26. The van der Waals surface area contributed by atoms with Crippen LogP contribution in [0.1, 0.15) is 30.6 Å². The molecular formula is C20H21N3O5. The van der Waals surface area contributed by atoms with Crippen LogP contribution in [0.3, 0.4) is 0 Å². The summed E-state index contributed by atoms with van der Waals surface area (Å²) < 4.78 is 6.35. The summed E-state index contributed by atoms with van der Waals surface area (Å²) in [6.45, 7) is 3.93. The van der Waals surface area contributed by atoms with Gasteiger partial charge in [-0.1, -0.05) is 12.1 Å². The standard InChI is InChI=1S/C20H21N3O5/c1-20(2,25)8-9-22-12-15-10-18(23(26)27)16(11-17(15)21-22)13-4-6-14(7-5-13)19(24)28-3/h4-7,10-12,25H,8-9H2,1-3H3. The molecule has 0 bridgehead atoms. The minimum Gasteiger partial charge on any atom is -0.465 e. The zero-order chi connectivity index (χ0) is 20.5. The fourth-order valence-electron chi connectivity index (χ4n) is 2.90. The first-order chi connectivity index (χ1) is 13.2. The molecule has 3 rings (SSSR count). The fourth-order valence-corrected chi connectivity index (χ4v) is 2.90. The van der Waals surface area contributed by atoms with E-state index in [2.05, 4.69) is 9.84 Å². The van der Waals surface area contributed by atoms with Crippen molar-refractivity contribution in [1.29, 1.82) is 0 Å². The van der Waals surface area contributed by atoms with Gasteiger partial charge in [-0.05, 0) is 44.0 Å². The number of rotatable bonds is 6. The van der Waals surface area contributed by atoms with Crippen LogP contribution < -0.4 is 0 Å². The van der Waals surface area contributed by atoms with Crippen molar-refractivity contribution in [3.05, 3.63) is 58.3 Å². The maximum atomic E-state index is 11.6. The number of nitro groups is 1. The quantitative estimate of drug-likeness (QED) is 0.396. The molecule has 0 aliphatic rings. The molecule has 0 spiro atoms. The Morgan fingerprint density at radius 2 is 1.96 bits per heavy atom. The molecule has 8 nitrogen and oxygen atoms in total. The Balaban J connectivity index is 2.02. The Kier molecular flexibility index (Phi) is 5.15. The maximum Gasteiger partial charge on any atom is 0.337 e. The van der Waals surface area contributed by atoms with Crippen molar-refractivity contribution < 1.29 is 19.6 Å². The number of carbonyl (C=O) groups excluding carboxylic acids is 1. The maximum absolute atomic E-state index is 11.6. The van der Waals surface area contributed by atoms with E-state index in [0.717, 1.165) is 0 Å². The molecule has 0 atom stereocenters. The van der Waals surface area contributed by atoms with Gasteiger partial charge in [0.2, 0.25) is 0 Å². The predicted octanol–water partition coefficient (Wildman–Crippen LogP) is 3.56. The van der Waals surface area contributed by atoms with Crippen molar-refractivity contribution in [1.82, 2.24) is 9.78 Å². The second kappa shape index (κ2) is 7.40. The number of carbonyl (C=O) groups is 1. The van der Waals surface area contributed by atoms with Gasteiger partial charge in [0.15, 0.2) is 0 Å². The van der Waals surface area contributed by atoms with Gasteiger partial charge in [0.1, 0.15) is 0 Å². The Bertz CT molecular complexity index is 1030. The van der Waals surface area contributed by atoms with E-state index in [1.807, 2.05) is 0 Å². The second-order valence-electron chi connectivity index (χ2n) is 7.21. The zero-order valence-corrected chi connectivity index (χ0v) is 15.9. The highest BCUT2D eigenvalue weighted by molar-refractivity contribution is 5.92. The van der Waals surface area contributed by atoms with Crippen molar-refractivity contribution in [3.8, 4) is 11.1 Å². The van der Waals surface area contributed by atoms with Crippen molar-refractivity contribution >= 4 is 22.6 Å². The summed E-state index contributed by atoms with van der Waals surface area (Å²) in [4.78, 5) is 22.7. The number of aromatic nitrogens is 2. The van der Waals surface area contributed by atoms with Crippen LogP contribution in [0.2, 0.25) is 0 Å². The Morgan fingerprint density at radius 3 is 2.54 bits per heavy atom. The number of esters is 1. The third-order valence-corrected chi connectivity index (χ3v) is 4.44. The van der Waals surface area contributed by atoms with E-state index in [-0.39, 0.29) is 5.69 Å². The van der Waals surface area contributed by atoms with Crippen LogP contribution in [-0.4, -0.2) is 38.5 Å². The largest absolute Gasteiger partial charge is 0.465 e. The van der Waals surface area contributed by atoms with Crippen LogP contribution in [0.15, 0.2) is 42.6 Å². The minimum atomic E-state index is -0.823. The molecule has 1 heterocycles. The lowest BCUT2D eigenvalue weighted by Crippen LogP contribution is -2.21. The summed E-state index contributed by atoms with van der Waals surface area (Å²) >= 11 is 0. The first-order valence-electron chi connectivity index (χ1n) is 8.75. The number of benzene rings is 2. The molecule has 3 aromatic rings. The molecule has 1 N–H and O–H groups in total. The van der Waals surface area contributed by atoms with E-state index in [9.17, 15) is 20.0 Å². The number of aryl methyl sites for hydroxylation is 1. The van der Waals surface area contributed by atoms with Gasteiger partial charge < -0.3 is 9.84 Å². The lowest BCUT2D eigenvalue weighted by atomic mass is 10.0. The smallest absolute Gasteiger partial charge is 0.337 e. The average molecular weight is 383 g/mol. The van der Waals surface area contributed by atoms with E-state index in [0.29, 0.717) is 40.6 Å². The van der Waals surface area contributed by atoms with Gasteiger partial charge in [-0.25, -0.2) is 4.79 Å². The summed E-state index contributed by atoms with van der Waals surface area (Å²) in [5, 5.41) is 26.6. The van der Waals surface area contributed by atoms with Crippen LogP contribution in [0.5, 0.6) is 0 Å². The number of aliphatic hydroxyl groups is 1. The minimum absolute atomic E-state index is 0.0413. The first-order valence-corrected chi connectivity index (χ1v) is 8.75. The van der Waals surface area contributed by atoms with Gasteiger partial charge in [-0.15, -0.1) is 0 Å². The zero-order valence-electron chi connectivity index (χ0n) is 15.9. The van der Waals surface area contributed by atoms with Gasteiger partial charge >= 0.3 is 5.97 Å². The Morgan fingerprint density at radius 1 is 1.29 bits per heavy atom. The topological polar surface area (TPSA) is 107 Å². The third kappa shape index (κ3) is 4.17. The third-order valence-electron chi connectivity index (χ3n) is 4.44. The van der Waals surface area contributed by atoms with Crippen LogP contribution in [-0.2, 0) is 11.3 Å². The summed E-state index contributed by atoms with van der Waals surface area (Å²) in [5.41, 5.74) is 1.14. The number of nitro benzene ring substituents is 1. The number of ether oxygens (including phenoxy) is 1. The number of fused-ring (bicyclic) bond motifs is 1. The van der Waals surface area contributed by atoms with Crippen LogP contribution >= 0.6 is 0 Å². The van der Waals surface area contributed by atoms with Gasteiger partial charge in [-0.3, -0.25) is 14.8 Å². The van der Waals surface area contributed by atoms with Crippen LogP contribution in [0, 0.1) is 10.1 Å². The predicted molar refractivity (Wildman–Crippen MR) is 104 cm³/mol. The van der Waals surface area contributed by atoms with Crippen LogP contribution in [0.25, 0.3) is 22.0 Å². The number of nitrogens with zero attached hydrogens (tertiary/aromatic N) is 3. The molecule has 0 saturated heterocycles. The summed E-state index contributed by atoms with van der Waals surface area (Å²) in [6.07, 6.45) is 2.24. The highest BCUT2D eigenvalue weighted by Gasteiger charge is 2.19. The van der Waals surface area contributed by atoms with Gasteiger partial charge in [0, 0.05) is 24.2 Å². The van der Waals surface area contributed by atoms with Crippen LogP contribution in [0.4, 0.5) is 5.69 Å². The van der Waals surface area contributed by atoms with Crippen molar-refractivity contribution in [2.24, 2.45) is 0 Å². The van der Waals surface area contributed by atoms with E-state index in [1.165, 1.54) is 13.2 Å². The molecule has 2 aromatic carbocycles. The first kappa shape index (κ1) is 19.5. The molecule has 0 fully saturated rings. The molecule has 146 valence electrons. The molecule has 0 radical (unpaired) electrons. The SMILES string of the molecule is COC(=O)c1ccc(-c2cc3nn(CCC(C)(C)O)cc3cc2[N+](=O)[O-])cc1. The normalized spacial score (nSPS) is 11.6. The Labute approximate surface area is 161 Å². The molecule has 8 heteroatoms. The van der Waals surface area contributed by atoms with Gasteiger partial charge in [0.05, 0.1) is 34.3 Å². The molecule has 0 saturated carbocycles. The van der Waals surface area contributed by atoms with Crippen molar-refractivity contribution in [3.63, 3.8) is 0 Å². The molecular weight excluding hydrogens is 362 g/mol. The van der Waals surface area contributed by atoms with E-state index in [1.54, 1.807) is 55.1 Å². The molecule has 1 aromatic heterocycles. The monoisotopic (exact) mass is 383 g/mol. The molecule has 0 unspecified atom stereocenters. The lowest BCUT2D eigenvalue weighted by Gasteiger charge is -2.16. The summed E-state index contributed by atoms with van der Waals surface area (Å²) in [7, 11) is 1.29. The van der Waals surface area contributed by atoms with Gasteiger partial charge in [0.25, 0.3) is 5.69 Å². The van der Waals surface area contributed by atoms with Gasteiger partial charge in [-0.2, -0.15) is 5.10 Å². The van der Waals surface area contributed by atoms with E-state index in [4.69, 9.17) is 0 Å².